The summed E-state index contributed by atoms with van der Waals surface area (Å²) in [4.78, 5) is 12.3. The van der Waals surface area contributed by atoms with Crippen LogP contribution in [0, 0.1) is 11.3 Å². The fourth-order valence-electron chi connectivity index (χ4n) is 2.99. The molecular formula is C19H19N3O3S. The van der Waals surface area contributed by atoms with Gasteiger partial charge >= 0.3 is 0 Å². The van der Waals surface area contributed by atoms with E-state index < -0.39 is 10.0 Å². The Morgan fingerprint density at radius 2 is 1.77 bits per heavy atom. The number of carbonyl (C=O) groups is 1. The van der Waals surface area contributed by atoms with Crippen molar-refractivity contribution in [2.75, 3.05) is 4.72 Å². The zero-order valence-corrected chi connectivity index (χ0v) is 14.9. The van der Waals surface area contributed by atoms with Crippen molar-refractivity contribution in [2.24, 2.45) is 0 Å². The molecule has 134 valence electrons. The normalized spacial score (nSPS) is 14.6. The molecule has 1 fully saturated rings. The van der Waals surface area contributed by atoms with E-state index in [2.05, 4.69) is 10.0 Å². The van der Waals surface area contributed by atoms with E-state index >= 15 is 0 Å². The number of nitrogens with zero attached hydrogens (tertiary/aromatic N) is 1. The van der Waals surface area contributed by atoms with Crippen LogP contribution in [0.3, 0.4) is 0 Å². The lowest BCUT2D eigenvalue weighted by Gasteiger charge is -2.12. The van der Waals surface area contributed by atoms with Gasteiger partial charge in [-0.05, 0) is 55.3 Å². The van der Waals surface area contributed by atoms with E-state index in [1.165, 1.54) is 30.3 Å². The topological polar surface area (TPSA) is 99.1 Å². The first-order valence-electron chi connectivity index (χ1n) is 8.42. The SMILES string of the molecule is N#Cc1cccc(NS(=O)(=O)c2ccc(C(=O)NC3CCCC3)cc2)c1. The zero-order valence-electron chi connectivity index (χ0n) is 14.1. The Bertz CT molecular complexity index is 941. The Labute approximate surface area is 152 Å². The molecule has 2 N–H and O–H groups in total. The fraction of sp³-hybridized carbons (Fsp3) is 0.263. The van der Waals surface area contributed by atoms with Gasteiger partial charge in [0, 0.05) is 11.6 Å². The van der Waals surface area contributed by atoms with Crippen molar-refractivity contribution in [3.8, 4) is 6.07 Å². The number of hydrogen-bond acceptors (Lipinski definition) is 4. The van der Waals surface area contributed by atoms with E-state index in [1.807, 2.05) is 6.07 Å². The van der Waals surface area contributed by atoms with Crippen LogP contribution in [0.15, 0.2) is 53.4 Å². The maximum Gasteiger partial charge on any atom is 0.261 e. The maximum atomic E-state index is 12.5. The summed E-state index contributed by atoms with van der Waals surface area (Å²) in [5.41, 5.74) is 1.11. The number of rotatable bonds is 5. The number of anilines is 1. The molecule has 2 aromatic carbocycles. The second kappa shape index (κ2) is 7.58. The van der Waals surface area contributed by atoms with Gasteiger partial charge < -0.3 is 5.32 Å². The van der Waals surface area contributed by atoms with Crippen LogP contribution in [0.4, 0.5) is 5.69 Å². The van der Waals surface area contributed by atoms with Crippen LogP contribution in [0.25, 0.3) is 0 Å². The molecule has 0 saturated heterocycles. The Morgan fingerprint density at radius 3 is 2.42 bits per heavy atom. The smallest absolute Gasteiger partial charge is 0.261 e. The minimum absolute atomic E-state index is 0.0530. The van der Waals surface area contributed by atoms with Crippen LogP contribution >= 0.6 is 0 Å². The van der Waals surface area contributed by atoms with E-state index in [1.54, 1.807) is 18.2 Å². The van der Waals surface area contributed by atoms with Crippen molar-refractivity contribution in [1.82, 2.24) is 5.32 Å². The average molecular weight is 369 g/mol. The van der Waals surface area contributed by atoms with Gasteiger partial charge in [0.25, 0.3) is 15.9 Å². The molecule has 2 aromatic rings. The molecule has 0 spiro atoms. The van der Waals surface area contributed by atoms with Crippen molar-refractivity contribution in [2.45, 2.75) is 36.6 Å². The number of sulfonamides is 1. The summed E-state index contributed by atoms with van der Waals surface area (Å²) in [6.45, 7) is 0. The Morgan fingerprint density at radius 1 is 1.08 bits per heavy atom. The van der Waals surface area contributed by atoms with Gasteiger partial charge in [-0.2, -0.15) is 5.26 Å². The van der Waals surface area contributed by atoms with E-state index in [9.17, 15) is 13.2 Å². The summed E-state index contributed by atoms with van der Waals surface area (Å²) in [5.74, 6) is -0.185. The van der Waals surface area contributed by atoms with Crippen molar-refractivity contribution in [1.29, 1.82) is 5.26 Å². The zero-order chi connectivity index (χ0) is 18.6. The number of nitriles is 1. The van der Waals surface area contributed by atoms with Crippen molar-refractivity contribution >= 4 is 21.6 Å². The molecule has 26 heavy (non-hydrogen) atoms. The Kier molecular flexibility index (Phi) is 5.24. The minimum atomic E-state index is -3.79. The van der Waals surface area contributed by atoms with Gasteiger partial charge in [-0.25, -0.2) is 8.42 Å². The van der Waals surface area contributed by atoms with Gasteiger partial charge in [0.05, 0.1) is 22.2 Å². The third-order valence-electron chi connectivity index (χ3n) is 4.36. The van der Waals surface area contributed by atoms with Crippen molar-refractivity contribution in [3.63, 3.8) is 0 Å². The Hall–Kier alpha value is -2.85. The standard InChI is InChI=1S/C19H19N3O3S/c20-13-14-4-3-7-17(12-14)22-26(24,25)18-10-8-15(9-11-18)19(23)21-16-5-1-2-6-16/h3-4,7-12,16,22H,1-2,5-6H2,(H,21,23). The third-order valence-corrected chi connectivity index (χ3v) is 5.76. The number of hydrogen-bond donors (Lipinski definition) is 2. The van der Waals surface area contributed by atoms with Crippen LogP contribution < -0.4 is 10.0 Å². The summed E-state index contributed by atoms with van der Waals surface area (Å²) in [6, 6.07) is 14.2. The summed E-state index contributed by atoms with van der Waals surface area (Å²) in [5, 5.41) is 11.9. The Balaban J connectivity index is 1.72. The minimum Gasteiger partial charge on any atom is -0.349 e. The van der Waals surface area contributed by atoms with Crippen LogP contribution in [-0.4, -0.2) is 20.4 Å². The van der Waals surface area contributed by atoms with Crippen molar-refractivity contribution in [3.05, 3.63) is 59.7 Å². The number of nitrogens with one attached hydrogen (secondary N) is 2. The highest BCUT2D eigenvalue weighted by Crippen LogP contribution is 2.20. The molecule has 1 amide bonds. The van der Waals surface area contributed by atoms with E-state index in [0.717, 1.165) is 25.7 Å². The first-order valence-corrected chi connectivity index (χ1v) is 9.90. The van der Waals surface area contributed by atoms with E-state index in [-0.39, 0.29) is 16.8 Å². The number of benzene rings is 2. The van der Waals surface area contributed by atoms with Gasteiger partial charge in [-0.1, -0.05) is 18.9 Å². The molecule has 1 aliphatic carbocycles. The van der Waals surface area contributed by atoms with E-state index in [0.29, 0.717) is 16.8 Å². The molecule has 0 atom stereocenters. The third kappa shape index (κ3) is 4.21. The number of carbonyl (C=O) groups excluding carboxylic acids is 1. The first kappa shape index (κ1) is 18.0. The molecule has 0 unspecified atom stereocenters. The molecule has 1 aliphatic rings. The second-order valence-corrected chi connectivity index (χ2v) is 7.96. The largest absolute Gasteiger partial charge is 0.349 e. The highest BCUT2D eigenvalue weighted by molar-refractivity contribution is 7.92. The monoisotopic (exact) mass is 369 g/mol. The second-order valence-electron chi connectivity index (χ2n) is 6.28. The molecule has 0 aromatic heterocycles. The van der Waals surface area contributed by atoms with Gasteiger partial charge in [-0.3, -0.25) is 9.52 Å². The molecule has 6 nitrogen and oxygen atoms in total. The highest BCUT2D eigenvalue weighted by Gasteiger charge is 2.19. The van der Waals surface area contributed by atoms with Crippen molar-refractivity contribution < 1.29 is 13.2 Å². The lowest BCUT2D eigenvalue weighted by atomic mass is 10.2. The molecule has 0 heterocycles. The highest BCUT2D eigenvalue weighted by atomic mass is 32.2. The molecular weight excluding hydrogens is 350 g/mol. The predicted molar refractivity (Wildman–Crippen MR) is 98.1 cm³/mol. The van der Waals surface area contributed by atoms with E-state index in [4.69, 9.17) is 5.26 Å². The van der Waals surface area contributed by atoms with Gasteiger partial charge in [0.15, 0.2) is 0 Å². The number of amides is 1. The molecule has 0 radical (unpaired) electrons. The molecule has 0 aliphatic heterocycles. The summed E-state index contributed by atoms with van der Waals surface area (Å²) >= 11 is 0. The summed E-state index contributed by atoms with van der Waals surface area (Å²) < 4.78 is 27.4. The maximum absolute atomic E-state index is 12.5. The van der Waals surface area contributed by atoms with Gasteiger partial charge in [-0.15, -0.1) is 0 Å². The summed E-state index contributed by atoms with van der Waals surface area (Å²) in [6.07, 6.45) is 4.23. The van der Waals surface area contributed by atoms with Crippen LogP contribution in [0.5, 0.6) is 0 Å². The molecule has 1 saturated carbocycles. The van der Waals surface area contributed by atoms with Crippen LogP contribution in [0.1, 0.15) is 41.6 Å². The first-order chi connectivity index (χ1) is 12.5. The fourth-order valence-corrected chi connectivity index (χ4v) is 4.04. The van der Waals surface area contributed by atoms with Crippen LogP contribution in [-0.2, 0) is 10.0 Å². The van der Waals surface area contributed by atoms with Gasteiger partial charge in [0.2, 0.25) is 0 Å². The van der Waals surface area contributed by atoms with Crippen LogP contribution in [0.2, 0.25) is 0 Å². The van der Waals surface area contributed by atoms with Gasteiger partial charge in [0.1, 0.15) is 0 Å². The lowest BCUT2D eigenvalue weighted by molar-refractivity contribution is 0.0938. The molecule has 3 rings (SSSR count). The molecule has 7 heteroatoms. The lowest BCUT2D eigenvalue weighted by Crippen LogP contribution is -2.32. The average Bonchev–Trinajstić information content (AvgIpc) is 3.14. The quantitative estimate of drug-likeness (QED) is 0.846. The summed E-state index contributed by atoms with van der Waals surface area (Å²) in [7, 11) is -3.79. The molecule has 0 bridgehead atoms. The predicted octanol–water partition coefficient (Wildman–Crippen LogP) is 3.03.